The van der Waals surface area contributed by atoms with Gasteiger partial charge in [-0.1, -0.05) is 31.0 Å². The maximum absolute atomic E-state index is 13.1. The molecule has 1 aromatic carbocycles. The molecule has 3 aromatic rings. The molecule has 7 nitrogen and oxygen atoms in total. The minimum absolute atomic E-state index is 0.167. The summed E-state index contributed by atoms with van der Waals surface area (Å²) < 4.78 is 3.03. The molecular formula is C21H25N5O2. The van der Waals surface area contributed by atoms with Gasteiger partial charge in [0.15, 0.2) is 5.52 Å². The second kappa shape index (κ2) is 7.22. The number of carbonyl (C=O) groups excluding carboxylic acids is 1. The summed E-state index contributed by atoms with van der Waals surface area (Å²) in [4.78, 5) is 25.8. The van der Waals surface area contributed by atoms with E-state index in [-0.39, 0.29) is 17.5 Å². The number of aromatic nitrogens is 4. The molecule has 4 rings (SSSR count). The third-order valence-electron chi connectivity index (χ3n) is 5.60. The van der Waals surface area contributed by atoms with Gasteiger partial charge in [-0.15, -0.1) is 0 Å². The Hall–Kier alpha value is -2.96. The highest BCUT2D eigenvalue weighted by molar-refractivity contribution is 5.84. The van der Waals surface area contributed by atoms with Crippen molar-refractivity contribution < 1.29 is 4.79 Å². The van der Waals surface area contributed by atoms with Gasteiger partial charge in [0.25, 0.3) is 5.56 Å². The smallest absolute Gasteiger partial charge is 0.295 e. The van der Waals surface area contributed by atoms with Gasteiger partial charge in [0, 0.05) is 6.04 Å². The SMILES string of the molecule is Cc1nn([C@H](C)C(=O)NC2CCCC2)c(=O)c2nn(-c3ccccc3)c(C)c12. The molecule has 2 heterocycles. The van der Waals surface area contributed by atoms with E-state index >= 15 is 0 Å². The zero-order chi connectivity index (χ0) is 19.8. The Morgan fingerprint density at radius 3 is 2.50 bits per heavy atom. The maximum Gasteiger partial charge on any atom is 0.295 e. The van der Waals surface area contributed by atoms with Crippen molar-refractivity contribution in [2.45, 2.75) is 58.5 Å². The van der Waals surface area contributed by atoms with E-state index in [1.54, 1.807) is 11.6 Å². The van der Waals surface area contributed by atoms with Crippen LogP contribution in [0.25, 0.3) is 16.6 Å². The number of benzene rings is 1. The lowest BCUT2D eigenvalue weighted by molar-refractivity contribution is -0.124. The summed E-state index contributed by atoms with van der Waals surface area (Å²) in [6.45, 7) is 5.49. The summed E-state index contributed by atoms with van der Waals surface area (Å²) in [5, 5.41) is 12.8. The highest BCUT2D eigenvalue weighted by atomic mass is 16.2. The molecule has 2 aromatic heterocycles. The van der Waals surface area contributed by atoms with E-state index in [1.165, 1.54) is 4.68 Å². The number of hydrogen-bond donors (Lipinski definition) is 1. The van der Waals surface area contributed by atoms with Crippen molar-refractivity contribution in [2.24, 2.45) is 0 Å². The third-order valence-corrected chi connectivity index (χ3v) is 5.60. The summed E-state index contributed by atoms with van der Waals surface area (Å²) in [5.74, 6) is -0.167. The lowest BCUT2D eigenvalue weighted by atomic mass is 10.2. The van der Waals surface area contributed by atoms with Crippen LogP contribution in [0.3, 0.4) is 0 Å². The minimum Gasteiger partial charge on any atom is -0.352 e. The van der Waals surface area contributed by atoms with Gasteiger partial charge in [-0.05, 0) is 45.7 Å². The van der Waals surface area contributed by atoms with Crippen LogP contribution in [0, 0.1) is 13.8 Å². The molecule has 146 valence electrons. The zero-order valence-corrected chi connectivity index (χ0v) is 16.5. The molecule has 0 radical (unpaired) electrons. The van der Waals surface area contributed by atoms with Gasteiger partial charge in [0.05, 0.1) is 22.5 Å². The second-order valence-electron chi connectivity index (χ2n) is 7.56. The van der Waals surface area contributed by atoms with E-state index in [1.807, 2.05) is 44.2 Å². The molecule has 0 saturated heterocycles. The van der Waals surface area contributed by atoms with Gasteiger partial charge in [-0.25, -0.2) is 9.36 Å². The number of hydrogen-bond acceptors (Lipinski definition) is 4. The molecule has 1 N–H and O–H groups in total. The van der Waals surface area contributed by atoms with Gasteiger partial charge >= 0.3 is 0 Å². The average Bonchev–Trinajstić information content (AvgIpc) is 3.33. The first-order chi connectivity index (χ1) is 13.5. The largest absolute Gasteiger partial charge is 0.352 e. The molecular weight excluding hydrogens is 354 g/mol. The molecule has 0 bridgehead atoms. The molecule has 7 heteroatoms. The maximum atomic E-state index is 13.1. The van der Waals surface area contributed by atoms with Gasteiger partial charge in [-0.3, -0.25) is 9.59 Å². The van der Waals surface area contributed by atoms with Crippen LogP contribution in [0.1, 0.15) is 50.0 Å². The molecule has 0 spiro atoms. The van der Waals surface area contributed by atoms with E-state index in [2.05, 4.69) is 15.5 Å². The Morgan fingerprint density at radius 2 is 1.82 bits per heavy atom. The topological polar surface area (TPSA) is 81.8 Å². The molecule has 0 aliphatic heterocycles. The number of para-hydroxylation sites is 1. The molecule has 1 aliphatic carbocycles. The predicted octanol–water partition coefficient (Wildman–Crippen LogP) is 2.82. The van der Waals surface area contributed by atoms with E-state index in [0.29, 0.717) is 11.2 Å². The average molecular weight is 379 g/mol. The predicted molar refractivity (Wildman–Crippen MR) is 108 cm³/mol. The summed E-state index contributed by atoms with van der Waals surface area (Å²) in [5.41, 5.74) is 2.43. The Balaban J connectivity index is 1.75. The molecule has 28 heavy (non-hydrogen) atoms. The first-order valence-corrected chi connectivity index (χ1v) is 9.82. The quantitative estimate of drug-likeness (QED) is 0.756. The number of fused-ring (bicyclic) bond motifs is 1. The van der Waals surface area contributed by atoms with E-state index in [4.69, 9.17) is 0 Å². The number of carbonyl (C=O) groups is 1. The second-order valence-corrected chi connectivity index (χ2v) is 7.56. The zero-order valence-electron chi connectivity index (χ0n) is 16.5. The lowest BCUT2D eigenvalue weighted by Gasteiger charge is -2.18. The van der Waals surface area contributed by atoms with Crippen molar-refractivity contribution in [3.63, 3.8) is 0 Å². The first-order valence-electron chi connectivity index (χ1n) is 9.82. The van der Waals surface area contributed by atoms with Crippen LogP contribution in [0.15, 0.2) is 35.1 Å². The molecule has 1 atom stereocenters. The van der Waals surface area contributed by atoms with Crippen molar-refractivity contribution in [3.05, 3.63) is 52.1 Å². The molecule has 0 unspecified atom stereocenters. The van der Waals surface area contributed by atoms with Crippen LogP contribution in [0.4, 0.5) is 0 Å². The van der Waals surface area contributed by atoms with Crippen LogP contribution in [0.5, 0.6) is 0 Å². The standard InChI is InChI=1S/C21H25N5O2/c1-13-18-14(2)25(17-11-5-4-6-12-17)24-19(18)21(28)26(23-13)15(3)20(27)22-16-9-7-8-10-16/h4-6,11-12,15-16H,7-10H2,1-3H3,(H,22,27)/t15-/m1/s1. The summed E-state index contributed by atoms with van der Waals surface area (Å²) in [7, 11) is 0. The fraction of sp³-hybridized carbons (Fsp3) is 0.429. The summed E-state index contributed by atoms with van der Waals surface area (Å²) in [6, 6.07) is 9.20. The summed E-state index contributed by atoms with van der Waals surface area (Å²) in [6.07, 6.45) is 4.27. The van der Waals surface area contributed by atoms with Crippen LogP contribution in [0.2, 0.25) is 0 Å². The fourth-order valence-electron chi connectivity index (χ4n) is 4.04. The summed E-state index contributed by atoms with van der Waals surface area (Å²) >= 11 is 0. The third kappa shape index (κ3) is 3.10. The van der Waals surface area contributed by atoms with Crippen molar-refractivity contribution in [1.82, 2.24) is 24.9 Å². The van der Waals surface area contributed by atoms with E-state index in [9.17, 15) is 9.59 Å². The Bertz CT molecular complexity index is 1080. The lowest BCUT2D eigenvalue weighted by Crippen LogP contribution is -2.41. The van der Waals surface area contributed by atoms with Crippen LogP contribution in [-0.2, 0) is 4.79 Å². The Morgan fingerprint density at radius 1 is 1.14 bits per heavy atom. The molecule has 1 saturated carbocycles. The molecule has 1 fully saturated rings. The van der Waals surface area contributed by atoms with Gasteiger partial charge in [0.1, 0.15) is 6.04 Å². The van der Waals surface area contributed by atoms with E-state index in [0.717, 1.165) is 42.5 Å². The van der Waals surface area contributed by atoms with Gasteiger partial charge in [-0.2, -0.15) is 10.2 Å². The first kappa shape index (κ1) is 18.4. The van der Waals surface area contributed by atoms with Gasteiger partial charge in [0.2, 0.25) is 5.91 Å². The minimum atomic E-state index is -0.682. The Labute approximate surface area is 163 Å². The number of amides is 1. The highest BCUT2D eigenvalue weighted by Gasteiger charge is 2.25. The molecule has 1 amide bonds. The normalized spacial score (nSPS) is 15.8. The number of rotatable bonds is 4. The van der Waals surface area contributed by atoms with Crippen LogP contribution >= 0.6 is 0 Å². The molecule has 1 aliphatic rings. The van der Waals surface area contributed by atoms with Crippen molar-refractivity contribution in [3.8, 4) is 5.69 Å². The van der Waals surface area contributed by atoms with Crippen molar-refractivity contribution in [1.29, 1.82) is 0 Å². The fourth-order valence-corrected chi connectivity index (χ4v) is 4.04. The Kier molecular flexibility index (Phi) is 4.75. The van der Waals surface area contributed by atoms with Crippen molar-refractivity contribution >= 4 is 16.8 Å². The van der Waals surface area contributed by atoms with Crippen LogP contribution < -0.4 is 10.9 Å². The number of nitrogens with one attached hydrogen (secondary N) is 1. The monoisotopic (exact) mass is 379 g/mol. The highest BCUT2D eigenvalue weighted by Crippen LogP contribution is 2.22. The van der Waals surface area contributed by atoms with Crippen molar-refractivity contribution in [2.75, 3.05) is 0 Å². The van der Waals surface area contributed by atoms with E-state index < -0.39 is 6.04 Å². The number of aryl methyl sites for hydroxylation is 2. The van der Waals surface area contributed by atoms with Crippen LogP contribution in [-0.4, -0.2) is 31.5 Å². The van der Waals surface area contributed by atoms with Gasteiger partial charge < -0.3 is 5.32 Å². The number of nitrogens with zero attached hydrogens (tertiary/aromatic N) is 4.